The lowest BCUT2D eigenvalue weighted by Gasteiger charge is -2.19. The molecule has 32 heavy (non-hydrogen) atoms. The number of pyridine rings is 2. The van der Waals surface area contributed by atoms with E-state index in [0.717, 1.165) is 10.4 Å². The van der Waals surface area contributed by atoms with Gasteiger partial charge in [0, 0.05) is 43.4 Å². The average Bonchev–Trinajstić information content (AvgIpc) is 3.20. The summed E-state index contributed by atoms with van der Waals surface area (Å²) in [5.41, 5.74) is 0.577. The molecule has 168 valence electrons. The van der Waals surface area contributed by atoms with Gasteiger partial charge in [0.1, 0.15) is 5.60 Å². The molecule has 0 fully saturated rings. The molecular formula is C21H23ClN6O3S. The van der Waals surface area contributed by atoms with Gasteiger partial charge in [-0.1, -0.05) is 22.9 Å². The molecule has 0 aliphatic rings. The lowest BCUT2D eigenvalue weighted by atomic mass is 10.2. The Balaban J connectivity index is 1.56. The van der Waals surface area contributed by atoms with Crippen molar-refractivity contribution in [2.45, 2.75) is 26.4 Å². The molecule has 0 saturated heterocycles. The Morgan fingerprint density at radius 2 is 1.91 bits per heavy atom. The second-order valence-electron chi connectivity index (χ2n) is 7.64. The average molecular weight is 475 g/mol. The topological polar surface area (TPSA) is 118 Å². The Hall–Kier alpha value is -3.24. The van der Waals surface area contributed by atoms with Crippen molar-refractivity contribution in [3.8, 4) is 10.4 Å². The fourth-order valence-corrected chi connectivity index (χ4v) is 3.47. The largest absolute Gasteiger partial charge is 0.444 e. The molecule has 3 N–H and O–H groups in total. The van der Waals surface area contributed by atoms with E-state index in [-0.39, 0.29) is 19.0 Å². The summed E-state index contributed by atoms with van der Waals surface area (Å²) in [6.07, 6.45) is 5.93. The molecule has 2 amide bonds. The van der Waals surface area contributed by atoms with Gasteiger partial charge in [-0.15, -0.1) is 0 Å². The van der Waals surface area contributed by atoms with Crippen LogP contribution in [0.4, 0.5) is 15.7 Å². The van der Waals surface area contributed by atoms with E-state index in [1.54, 1.807) is 57.6 Å². The Bertz CT molecular complexity index is 1100. The first-order valence-electron chi connectivity index (χ1n) is 9.75. The van der Waals surface area contributed by atoms with Gasteiger partial charge in [0.05, 0.1) is 15.5 Å². The number of alkyl carbamates (subject to hydrolysis) is 1. The Labute approximate surface area is 194 Å². The van der Waals surface area contributed by atoms with Crippen LogP contribution in [0.25, 0.3) is 10.4 Å². The molecular weight excluding hydrogens is 452 g/mol. The number of halogens is 1. The smallest absolute Gasteiger partial charge is 0.407 e. The molecule has 0 aromatic carbocycles. The number of nitrogens with zero attached hydrogens (tertiary/aromatic N) is 3. The van der Waals surface area contributed by atoms with E-state index in [9.17, 15) is 9.59 Å². The van der Waals surface area contributed by atoms with Crippen molar-refractivity contribution in [2.24, 2.45) is 0 Å². The van der Waals surface area contributed by atoms with Crippen LogP contribution in [0.3, 0.4) is 0 Å². The molecule has 9 nitrogen and oxygen atoms in total. The van der Waals surface area contributed by atoms with Crippen molar-refractivity contribution in [1.29, 1.82) is 0 Å². The number of anilines is 2. The van der Waals surface area contributed by atoms with Crippen molar-refractivity contribution in [2.75, 3.05) is 18.4 Å². The number of thiazole rings is 1. The SMILES string of the molecule is CC(C)(C)OC(=O)NCCNC(=O)c1cncc(-c2cnc(Nc3ncccc3Cl)s2)c1. The van der Waals surface area contributed by atoms with Gasteiger partial charge in [-0.05, 0) is 39.0 Å². The summed E-state index contributed by atoms with van der Waals surface area (Å²) in [7, 11) is 0. The molecule has 3 aromatic rings. The van der Waals surface area contributed by atoms with E-state index in [4.69, 9.17) is 16.3 Å². The molecule has 0 radical (unpaired) electrons. The second kappa shape index (κ2) is 10.4. The molecule has 0 spiro atoms. The summed E-state index contributed by atoms with van der Waals surface area (Å²) in [4.78, 5) is 37.6. The zero-order valence-electron chi connectivity index (χ0n) is 17.8. The standard InChI is InChI=1S/C21H23ClN6O3S/c1-21(2,3)31-20(30)26-8-7-25-18(29)14-9-13(10-23-11-14)16-12-27-19(32-16)28-17-15(22)5-4-6-24-17/h4-6,9-12H,7-8H2,1-3H3,(H,25,29)(H,26,30)(H,24,27,28). The highest BCUT2D eigenvalue weighted by Gasteiger charge is 2.16. The van der Waals surface area contributed by atoms with Crippen LogP contribution >= 0.6 is 22.9 Å². The van der Waals surface area contributed by atoms with Gasteiger partial charge in [0.2, 0.25) is 0 Å². The molecule has 0 atom stereocenters. The molecule has 11 heteroatoms. The summed E-state index contributed by atoms with van der Waals surface area (Å²) >= 11 is 7.50. The summed E-state index contributed by atoms with van der Waals surface area (Å²) < 4.78 is 5.15. The number of nitrogens with one attached hydrogen (secondary N) is 3. The van der Waals surface area contributed by atoms with E-state index in [1.807, 2.05) is 0 Å². The lowest BCUT2D eigenvalue weighted by Crippen LogP contribution is -2.37. The van der Waals surface area contributed by atoms with Crippen molar-refractivity contribution in [3.05, 3.63) is 53.6 Å². The minimum absolute atomic E-state index is 0.244. The third-order valence-electron chi connectivity index (χ3n) is 3.85. The summed E-state index contributed by atoms with van der Waals surface area (Å²) in [5, 5.41) is 9.52. The molecule has 0 bridgehead atoms. The fourth-order valence-electron chi connectivity index (χ4n) is 2.50. The fraction of sp³-hybridized carbons (Fsp3) is 0.286. The van der Waals surface area contributed by atoms with Gasteiger partial charge >= 0.3 is 6.09 Å². The molecule has 3 aromatic heterocycles. The van der Waals surface area contributed by atoms with E-state index < -0.39 is 11.7 Å². The maximum atomic E-state index is 12.4. The molecule has 0 unspecified atom stereocenters. The maximum Gasteiger partial charge on any atom is 0.407 e. The van der Waals surface area contributed by atoms with Gasteiger partial charge in [-0.3, -0.25) is 9.78 Å². The van der Waals surface area contributed by atoms with Gasteiger partial charge < -0.3 is 20.7 Å². The van der Waals surface area contributed by atoms with Crippen LogP contribution in [0, 0.1) is 0 Å². The van der Waals surface area contributed by atoms with Crippen LogP contribution in [0.5, 0.6) is 0 Å². The number of aromatic nitrogens is 3. The molecule has 3 rings (SSSR count). The first-order valence-corrected chi connectivity index (χ1v) is 10.9. The summed E-state index contributed by atoms with van der Waals surface area (Å²) in [6.45, 7) is 5.84. The first kappa shape index (κ1) is 23.4. The van der Waals surface area contributed by atoms with Crippen LogP contribution < -0.4 is 16.0 Å². The predicted octanol–water partition coefficient (Wildman–Crippen LogP) is 4.25. The molecule has 0 saturated carbocycles. The quantitative estimate of drug-likeness (QED) is 0.438. The molecule has 0 aliphatic carbocycles. The number of rotatable bonds is 7. The third kappa shape index (κ3) is 6.89. The highest BCUT2D eigenvalue weighted by molar-refractivity contribution is 7.18. The highest BCUT2D eigenvalue weighted by atomic mass is 35.5. The number of carbonyl (C=O) groups is 2. The van der Waals surface area contributed by atoms with Gasteiger partial charge in [0.15, 0.2) is 10.9 Å². The lowest BCUT2D eigenvalue weighted by molar-refractivity contribution is 0.0526. The second-order valence-corrected chi connectivity index (χ2v) is 9.07. The van der Waals surface area contributed by atoms with Crippen LogP contribution in [0.2, 0.25) is 5.02 Å². The van der Waals surface area contributed by atoms with E-state index in [2.05, 4.69) is 30.9 Å². The van der Waals surface area contributed by atoms with E-state index in [1.165, 1.54) is 17.5 Å². The third-order valence-corrected chi connectivity index (χ3v) is 5.12. The zero-order valence-corrected chi connectivity index (χ0v) is 19.4. The summed E-state index contributed by atoms with van der Waals surface area (Å²) in [5.74, 6) is 0.217. The van der Waals surface area contributed by atoms with Crippen molar-refractivity contribution in [3.63, 3.8) is 0 Å². The molecule has 0 aliphatic heterocycles. The van der Waals surface area contributed by atoms with Crippen LogP contribution in [-0.4, -0.2) is 45.6 Å². The minimum atomic E-state index is -0.574. The Morgan fingerprint density at radius 1 is 1.12 bits per heavy atom. The van der Waals surface area contributed by atoms with Gasteiger partial charge in [-0.2, -0.15) is 0 Å². The first-order chi connectivity index (χ1) is 15.2. The summed E-state index contributed by atoms with van der Waals surface area (Å²) in [6, 6.07) is 5.21. The minimum Gasteiger partial charge on any atom is -0.444 e. The number of ether oxygens (including phenoxy) is 1. The number of hydrogen-bond donors (Lipinski definition) is 3. The van der Waals surface area contributed by atoms with Gasteiger partial charge in [-0.25, -0.2) is 14.8 Å². The van der Waals surface area contributed by atoms with Crippen LogP contribution in [-0.2, 0) is 4.74 Å². The normalized spacial score (nSPS) is 11.0. The monoisotopic (exact) mass is 474 g/mol. The zero-order chi connectivity index (χ0) is 23.1. The van der Waals surface area contributed by atoms with Crippen LogP contribution in [0.1, 0.15) is 31.1 Å². The predicted molar refractivity (Wildman–Crippen MR) is 124 cm³/mol. The number of amides is 2. The number of hydrogen-bond acceptors (Lipinski definition) is 8. The van der Waals surface area contributed by atoms with Crippen molar-refractivity contribution in [1.82, 2.24) is 25.6 Å². The highest BCUT2D eigenvalue weighted by Crippen LogP contribution is 2.31. The Kier molecular flexibility index (Phi) is 7.60. The molecule has 3 heterocycles. The number of carbonyl (C=O) groups excluding carboxylic acids is 2. The van der Waals surface area contributed by atoms with Gasteiger partial charge in [0.25, 0.3) is 5.91 Å². The maximum absolute atomic E-state index is 12.4. The van der Waals surface area contributed by atoms with Crippen molar-refractivity contribution >= 4 is 45.9 Å². The van der Waals surface area contributed by atoms with Crippen LogP contribution in [0.15, 0.2) is 43.0 Å². The Morgan fingerprint density at radius 3 is 2.66 bits per heavy atom. The van der Waals surface area contributed by atoms with E-state index in [0.29, 0.717) is 21.5 Å². The van der Waals surface area contributed by atoms with E-state index >= 15 is 0 Å². The van der Waals surface area contributed by atoms with Crippen molar-refractivity contribution < 1.29 is 14.3 Å².